The van der Waals surface area contributed by atoms with Crippen molar-refractivity contribution in [2.45, 2.75) is 27.9 Å². The van der Waals surface area contributed by atoms with E-state index >= 15 is 0 Å². The Labute approximate surface area is 107 Å². The number of sulfone groups is 1. The normalized spacial score (nSPS) is 21.4. The monoisotopic (exact) mass is 271 g/mol. The number of nitrogens with one attached hydrogen (secondary N) is 1. The van der Waals surface area contributed by atoms with E-state index in [1.165, 1.54) is 0 Å². The van der Waals surface area contributed by atoms with Crippen LogP contribution in [0.4, 0.5) is 0 Å². The average molecular weight is 271 g/mol. The molecule has 94 valence electrons. The lowest BCUT2D eigenvalue weighted by Crippen LogP contribution is -2.38. The second-order valence-electron chi connectivity index (χ2n) is 4.19. The lowest BCUT2D eigenvalue weighted by atomic mass is 10.2. The highest BCUT2D eigenvalue weighted by Crippen LogP contribution is 2.23. The molecular weight excluding hydrogens is 254 g/mol. The van der Waals surface area contributed by atoms with E-state index in [0.717, 1.165) is 24.3 Å². The van der Waals surface area contributed by atoms with E-state index < -0.39 is 9.84 Å². The Hall–Kier alpha value is -0.520. The molecule has 0 amide bonds. The minimum Gasteiger partial charge on any atom is -0.315 e. The van der Waals surface area contributed by atoms with Crippen molar-refractivity contribution in [3.63, 3.8) is 0 Å². The zero-order chi connectivity index (χ0) is 12.3. The van der Waals surface area contributed by atoms with Gasteiger partial charge in [-0.05, 0) is 49.9 Å². The molecule has 0 spiro atoms. The number of hydrogen-bond acceptors (Lipinski definition) is 4. The zero-order valence-corrected chi connectivity index (χ0v) is 11.5. The summed E-state index contributed by atoms with van der Waals surface area (Å²) in [6.45, 7) is 1.50. The molecule has 0 saturated carbocycles. The molecule has 1 unspecified atom stereocenters. The first kappa shape index (κ1) is 12.9. The highest BCUT2D eigenvalue weighted by atomic mass is 32.2. The summed E-state index contributed by atoms with van der Waals surface area (Å²) in [7, 11) is -3.16. The molecule has 1 saturated heterocycles. The van der Waals surface area contributed by atoms with E-state index in [2.05, 4.69) is 5.32 Å². The van der Waals surface area contributed by atoms with Gasteiger partial charge in [0.1, 0.15) is 0 Å². The van der Waals surface area contributed by atoms with Crippen LogP contribution in [0.2, 0.25) is 0 Å². The summed E-state index contributed by atoms with van der Waals surface area (Å²) in [5.74, 6) is 0. The maximum absolute atomic E-state index is 12.3. The van der Waals surface area contributed by atoms with Crippen LogP contribution in [0, 0.1) is 0 Å². The molecule has 1 aromatic rings. The molecule has 1 N–H and O–H groups in total. The Morgan fingerprint density at radius 1 is 1.29 bits per heavy atom. The van der Waals surface area contributed by atoms with Gasteiger partial charge in [-0.3, -0.25) is 0 Å². The number of thioether (sulfide) groups is 1. The number of benzene rings is 1. The van der Waals surface area contributed by atoms with Crippen molar-refractivity contribution in [2.75, 3.05) is 19.3 Å². The highest BCUT2D eigenvalue weighted by molar-refractivity contribution is 7.98. The van der Waals surface area contributed by atoms with Crippen LogP contribution in [-0.2, 0) is 9.84 Å². The minimum atomic E-state index is -3.16. The molecule has 1 aromatic carbocycles. The predicted octanol–water partition coefficient (Wildman–Crippen LogP) is 1.93. The van der Waals surface area contributed by atoms with Gasteiger partial charge in [-0.2, -0.15) is 0 Å². The van der Waals surface area contributed by atoms with Gasteiger partial charge >= 0.3 is 0 Å². The lowest BCUT2D eigenvalue weighted by Gasteiger charge is -2.22. The summed E-state index contributed by atoms with van der Waals surface area (Å²) in [5.41, 5.74) is 0. The van der Waals surface area contributed by atoms with Crippen LogP contribution in [-0.4, -0.2) is 33.0 Å². The molecule has 0 bridgehead atoms. The lowest BCUT2D eigenvalue weighted by molar-refractivity contribution is 0.497. The van der Waals surface area contributed by atoms with Crippen LogP contribution >= 0.6 is 11.8 Å². The van der Waals surface area contributed by atoms with E-state index in [4.69, 9.17) is 0 Å². The molecule has 1 aliphatic rings. The topological polar surface area (TPSA) is 46.2 Å². The van der Waals surface area contributed by atoms with Crippen molar-refractivity contribution in [3.05, 3.63) is 24.3 Å². The van der Waals surface area contributed by atoms with Crippen LogP contribution in [0.5, 0.6) is 0 Å². The highest BCUT2D eigenvalue weighted by Gasteiger charge is 2.28. The van der Waals surface area contributed by atoms with Gasteiger partial charge < -0.3 is 5.32 Å². The summed E-state index contributed by atoms with van der Waals surface area (Å²) < 4.78 is 24.7. The Balaban J connectivity index is 2.23. The van der Waals surface area contributed by atoms with Crippen molar-refractivity contribution in [1.82, 2.24) is 5.32 Å². The van der Waals surface area contributed by atoms with E-state index in [9.17, 15) is 8.42 Å². The summed E-state index contributed by atoms with van der Waals surface area (Å²) in [4.78, 5) is 1.54. The first-order valence-electron chi connectivity index (χ1n) is 5.73. The largest absolute Gasteiger partial charge is 0.315 e. The second kappa shape index (κ2) is 5.42. The quantitative estimate of drug-likeness (QED) is 0.853. The third-order valence-corrected chi connectivity index (χ3v) is 6.03. The van der Waals surface area contributed by atoms with Gasteiger partial charge in [-0.1, -0.05) is 0 Å². The van der Waals surface area contributed by atoms with Gasteiger partial charge in [-0.25, -0.2) is 8.42 Å². The van der Waals surface area contributed by atoms with Crippen LogP contribution in [0.25, 0.3) is 0 Å². The van der Waals surface area contributed by atoms with Gasteiger partial charge in [0, 0.05) is 11.4 Å². The summed E-state index contributed by atoms with van der Waals surface area (Å²) in [6.07, 6.45) is 3.68. The van der Waals surface area contributed by atoms with Gasteiger partial charge in [-0.15, -0.1) is 11.8 Å². The standard InChI is InChI=1S/C12H17NO2S2/c1-16-10-4-6-11(7-5-10)17(14,15)12-3-2-8-13-9-12/h4-7,12-13H,2-3,8-9H2,1H3. The third-order valence-electron chi connectivity index (χ3n) is 3.08. The molecular formula is C12H17NO2S2. The third kappa shape index (κ3) is 2.84. The Morgan fingerprint density at radius 3 is 2.53 bits per heavy atom. The Morgan fingerprint density at radius 2 is 2.00 bits per heavy atom. The second-order valence-corrected chi connectivity index (χ2v) is 7.30. The molecule has 0 aromatic heterocycles. The molecule has 1 fully saturated rings. The molecule has 5 heteroatoms. The Kier molecular flexibility index (Phi) is 4.12. The first-order chi connectivity index (χ1) is 8.14. The number of piperidine rings is 1. The van der Waals surface area contributed by atoms with Crippen molar-refractivity contribution in [3.8, 4) is 0 Å². The van der Waals surface area contributed by atoms with Crippen molar-refractivity contribution < 1.29 is 8.42 Å². The van der Waals surface area contributed by atoms with Crippen molar-refractivity contribution in [1.29, 1.82) is 0 Å². The van der Waals surface area contributed by atoms with E-state index in [1.807, 2.05) is 18.4 Å². The molecule has 0 aliphatic carbocycles. The predicted molar refractivity (Wildman–Crippen MR) is 71.3 cm³/mol. The van der Waals surface area contributed by atoms with Crippen LogP contribution in [0.15, 0.2) is 34.1 Å². The fourth-order valence-electron chi connectivity index (χ4n) is 2.04. The fraction of sp³-hybridized carbons (Fsp3) is 0.500. The SMILES string of the molecule is CSc1ccc(S(=O)(=O)C2CCCNC2)cc1. The van der Waals surface area contributed by atoms with Crippen LogP contribution < -0.4 is 5.32 Å². The van der Waals surface area contributed by atoms with Gasteiger partial charge in [0.25, 0.3) is 0 Å². The van der Waals surface area contributed by atoms with E-state index in [0.29, 0.717) is 11.4 Å². The fourth-order valence-corrected chi connectivity index (χ4v) is 4.17. The minimum absolute atomic E-state index is 0.267. The van der Waals surface area contributed by atoms with Crippen molar-refractivity contribution >= 4 is 21.6 Å². The van der Waals surface area contributed by atoms with E-state index in [-0.39, 0.29) is 5.25 Å². The summed E-state index contributed by atoms with van der Waals surface area (Å²) >= 11 is 1.62. The van der Waals surface area contributed by atoms with Crippen LogP contribution in [0.1, 0.15) is 12.8 Å². The molecule has 1 atom stereocenters. The van der Waals surface area contributed by atoms with Crippen LogP contribution in [0.3, 0.4) is 0 Å². The smallest absolute Gasteiger partial charge is 0.182 e. The maximum atomic E-state index is 12.3. The zero-order valence-electron chi connectivity index (χ0n) is 9.85. The van der Waals surface area contributed by atoms with Gasteiger partial charge in [0.05, 0.1) is 10.1 Å². The van der Waals surface area contributed by atoms with Gasteiger partial charge in [0.2, 0.25) is 0 Å². The number of hydrogen-bond donors (Lipinski definition) is 1. The summed E-state index contributed by atoms with van der Waals surface area (Å²) in [6, 6.07) is 7.17. The number of rotatable bonds is 3. The summed E-state index contributed by atoms with van der Waals surface area (Å²) in [5, 5.41) is 2.88. The van der Waals surface area contributed by atoms with Gasteiger partial charge in [0.15, 0.2) is 9.84 Å². The first-order valence-corrected chi connectivity index (χ1v) is 8.50. The Bertz CT molecular complexity index is 462. The maximum Gasteiger partial charge on any atom is 0.182 e. The molecule has 2 rings (SSSR count). The molecule has 1 heterocycles. The van der Waals surface area contributed by atoms with Crippen molar-refractivity contribution in [2.24, 2.45) is 0 Å². The van der Waals surface area contributed by atoms with E-state index in [1.54, 1.807) is 23.9 Å². The average Bonchev–Trinajstić information content (AvgIpc) is 2.40. The molecule has 1 aliphatic heterocycles. The molecule has 0 radical (unpaired) electrons. The molecule has 17 heavy (non-hydrogen) atoms. The molecule has 3 nitrogen and oxygen atoms in total.